The van der Waals surface area contributed by atoms with Crippen molar-refractivity contribution < 1.29 is 0 Å². The predicted molar refractivity (Wildman–Crippen MR) is 287 cm³/mol. The van der Waals surface area contributed by atoms with Gasteiger partial charge in [-0.15, -0.1) is 0 Å². The molecule has 0 aliphatic rings. The Labute approximate surface area is 411 Å². The van der Waals surface area contributed by atoms with E-state index in [9.17, 15) is 0 Å². The number of rotatable bonds is 8. The summed E-state index contributed by atoms with van der Waals surface area (Å²) >= 11 is 0. The maximum atomic E-state index is 5.30. The van der Waals surface area contributed by atoms with Crippen LogP contribution in [0.5, 0.6) is 0 Å². The number of hydrogen-bond acceptors (Lipinski definition) is 10. The number of nitrogens with zero attached hydrogens (tertiary/aromatic N) is 10. The van der Waals surface area contributed by atoms with Crippen LogP contribution in [-0.2, 0) is 0 Å². The Morgan fingerprint density at radius 2 is 0.597 bits per heavy atom. The molecule has 334 valence electrons. The van der Waals surface area contributed by atoms with Crippen LogP contribution in [0.1, 0.15) is 0 Å². The van der Waals surface area contributed by atoms with Gasteiger partial charge in [0, 0.05) is 80.1 Å². The molecule has 0 amide bonds. The maximum Gasteiger partial charge on any atom is 0.164 e. The van der Waals surface area contributed by atoms with Crippen LogP contribution in [0, 0.1) is 0 Å². The van der Waals surface area contributed by atoms with Crippen molar-refractivity contribution >= 4 is 54.1 Å². The molecule has 0 radical (unpaired) electrons. The van der Waals surface area contributed by atoms with Crippen molar-refractivity contribution in [3.8, 4) is 90.8 Å². The molecule has 72 heavy (non-hydrogen) atoms. The van der Waals surface area contributed by atoms with Gasteiger partial charge < -0.3 is 0 Å². The normalized spacial score (nSPS) is 11.6. The summed E-state index contributed by atoms with van der Waals surface area (Å²) in [7, 11) is 0. The number of benzene rings is 8. The largest absolute Gasteiger partial charge is 0.256 e. The standard InChI is InChI=1S/C62H36N10/c1-3-33-63-51(13-1)37-17-21-41(22-18-37)57-67-58(42-23-19-38(20-24-42)52-14-2-4-34-64-52)69-61(68-57)49-31-27-39-26-30-46-50(32-28-40-25-29-45(49)55(39)56(40)46)62-71-59(47-9-5-15-53-43(47)11-7-35-65-53)70-60(72-62)48-10-6-16-54-44(48)12-8-36-66-54/h1-36H. The number of pyridine rings is 4. The molecule has 8 aromatic carbocycles. The summed E-state index contributed by atoms with van der Waals surface area (Å²) in [6.07, 6.45) is 7.22. The second kappa shape index (κ2) is 16.9. The minimum absolute atomic E-state index is 0.557. The minimum Gasteiger partial charge on any atom is -0.256 e. The lowest BCUT2D eigenvalue weighted by Crippen LogP contribution is -2.02. The van der Waals surface area contributed by atoms with Crippen LogP contribution in [-0.4, -0.2) is 49.8 Å². The third-order valence-electron chi connectivity index (χ3n) is 13.4. The lowest BCUT2D eigenvalue weighted by atomic mass is 9.89. The van der Waals surface area contributed by atoms with Crippen molar-refractivity contribution in [3.63, 3.8) is 0 Å². The Morgan fingerprint density at radius 1 is 0.222 bits per heavy atom. The van der Waals surface area contributed by atoms with E-state index in [1.807, 2.05) is 72.8 Å². The van der Waals surface area contributed by atoms with Crippen molar-refractivity contribution in [2.45, 2.75) is 0 Å². The summed E-state index contributed by atoms with van der Waals surface area (Å²) in [4.78, 5) is 49.9. The molecule has 0 fully saturated rings. The van der Waals surface area contributed by atoms with Crippen LogP contribution in [0.3, 0.4) is 0 Å². The van der Waals surface area contributed by atoms with Crippen LogP contribution in [0.4, 0.5) is 0 Å². The van der Waals surface area contributed by atoms with E-state index >= 15 is 0 Å². The van der Waals surface area contributed by atoms with Crippen LogP contribution in [0.15, 0.2) is 219 Å². The van der Waals surface area contributed by atoms with E-state index in [-0.39, 0.29) is 0 Å². The Hall–Kier alpha value is -10.1. The van der Waals surface area contributed by atoms with Gasteiger partial charge >= 0.3 is 0 Å². The second-order valence-corrected chi connectivity index (χ2v) is 17.6. The average Bonchev–Trinajstić information content (AvgIpc) is 3.46. The molecule has 10 heteroatoms. The molecule has 0 saturated heterocycles. The molecule has 0 aliphatic heterocycles. The van der Waals surface area contributed by atoms with Gasteiger partial charge in [-0.2, -0.15) is 0 Å². The predicted octanol–water partition coefficient (Wildman–Crippen LogP) is 14.2. The molecule has 0 atom stereocenters. The summed E-state index contributed by atoms with van der Waals surface area (Å²) in [5, 5.41) is 8.34. The minimum atomic E-state index is 0.557. The first-order chi connectivity index (χ1) is 35.7. The Morgan fingerprint density at radius 3 is 1.03 bits per heavy atom. The lowest BCUT2D eigenvalue weighted by Gasteiger charge is -2.17. The lowest BCUT2D eigenvalue weighted by molar-refractivity contribution is 1.08. The molecule has 14 aromatic rings. The highest BCUT2D eigenvalue weighted by molar-refractivity contribution is 6.27. The molecule has 14 rings (SSSR count). The molecule has 6 aromatic heterocycles. The van der Waals surface area contributed by atoms with E-state index in [4.69, 9.17) is 29.9 Å². The third-order valence-corrected chi connectivity index (χ3v) is 13.4. The highest BCUT2D eigenvalue weighted by Crippen LogP contribution is 2.43. The Balaban J connectivity index is 0.953. The Bertz CT molecular complexity index is 4170. The number of fused-ring (bicyclic) bond motifs is 2. The van der Waals surface area contributed by atoms with Crippen LogP contribution in [0.25, 0.3) is 145 Å². The van der Waals surface area contributed by atoms with Gasteiger partial charge in [0.2, 0.25) is 0 Å². The summed E-state index contributed by atoms with van der Waals surface area (Å²) in [6, 6.07) is 65.8. The fraction of sp³-hybridized carbons (Fsp3) is 0. The van der Waals surface area contributed by atoms with Crippen molar-refractivity contribution in [1.29, 1.82) is 0 Å². The summed E-state index contributed by atoms with van der Waals surface area (Å²) in [6.45, 7) is 0. The van der Waals surface area contributed by atoms with E-state index in [0.29, 0.717) is 34.9 Å². The van der Waals surface area contributed by atoms with Crippen molar-refractivity contribution in [1.82, 2.24) is 49.8 Å². The molecular formula is C62H36N10. The van der Waals surface area contributed by atoms with Crippen LogP contribution < -0.4 is 0 Å². The highest BCUT2D eigenvalue weighted by atomic mass is 15.0. The first-order valence-corrected chi connectivity index (χ1v) is 23.6. The molecule has 0 bridgehead atoms. The van der Waals surface area contributed by atoms with Crippen LogP contribution in [0.2, 0.25) is 0 Å². The van der Waals surface area contributed by atoms with Gasteiger partial charge in [0.15, 0.2) is 34.9 Å². The van der Waals surface area contributed by atoms with Gasteiger partial charge in [0.05, 0.1) is 22.4 Å². The summed E-state index contributed by atoms with van der Waals surface area (Å²) in [5.41, 5.74) is 10.8. The summed E-state index contributed by atoms with van der Waals surface area (Å²) < 4.78 is 0. The van der Waals surface area contributed by atoms with Crippen molar-refractivity contribution in [2.24, 2.45) is 0 Å². The van der Waals surface area contributed by atoms with E-state index in [1.54, 1.807) is 24.8 Å². The average molecular weight is 921 g/mol. The van der Waals surface area contributed by atoms with Crippen LogP contribution >= 0.6 is 0 Å². The van der Waals surface area contributed by atoms with Gasteiger partial charge in [-0.25, -0.2) is 29.9 Å². The smallest absolute Gasteiger partial charge is 0.164 e. The molecule has 10 nitrogen and oxygen atoms in total. The maximum absolute atomic E-state index is 5.30. The van der Waals surface area contributed by atoms with Gasteiger partial charge in [0.25, 0.3) is 0 Å². The summed E-state index contributed by atoms with van der Waals surface area (Å²) in [5.74, 6) is 3.37. The van der Waals surface area contributed by atoms with Gasteiger partial charge in [-0.1, -0.05) is 133 Å². The van der Waals surface area contributed by atoms with Crippen molar-refractivity contribution in [3.05, 3.63) is 219 Å². The molecule has 0 spiro atoms. The zero-order chi connectivity index (χ0) is 47.5. The second-order valence-electron chi connectivity index (χ2n) is 17.6. The van der Waals surface area contributed by atoms with E-state index in [0.717, 1.165) is 110 Å². The van der Waals surface area contributed by atoms with E-state index in [2.05, 4.69) is 141 Å². The SMILES string of the molecule is c1ccc(-c2ccc(-c3nc(-c4ccc(-c5ccccn5)cc4)nc(-c4ccc5ccc6c(-c7nc(-c8cccc9ncccc89)nc(-c8cccc9ncccc89)n7)ccc7ccc4c5c76)n3)cc2)nc1. The van der Waals surface area contributed by atoms with Gasteiger partial charge in [-0.3, -0.25) is 19.9 Å². The van der Waals surface area contributed by atoms with Gasteiger partial charge in [0.1, 0.15) is 0 Å². The van der Waals surface area contributed by atoms with E-state index < -0.39 is 0 Å². The van der Waals surface area contributed by atoms with E-state index in [1.165, 1.54) is 0 Å². The third kappa shape index (κ3) is 7.04. The molecule has 0 unspecified atom stereocenters. The highest BCUT2D eigenvalue weighted by Gasteiger charge is 2.22. The molecular weight excluding hydrogens is 885 g/mol. The quantitative estimate of drug-likeness (QED) is 0.136. The molecule has 0 saturated carbocycles. The Kier molecular flexibility index (Phi) is 9.59. The first-order valence-electron chi connectivity index (χ1n) is 23.6. The zero-order valence-electron chi connectivity index (χ0n) is 38.3. The topological polar surface area (TPSA) is 129 Å². The monoisotopic (exact) mass is 920 g/mol. The molecule has 0 N–H and O–H groups in total. The van der Waals surface area contributed by atoms with Crippen molar-refractivity contribution in [2.75, 3.05) is 0 Å². The van der Waals surface area contributed by atoms with Gasteiger partial charge in [-0.05, 0) is 93.0 Å². The molecule has 6 heterocycles. The number of aromatic nitrogens is 10. The number of hydrogen-bond donors (Lipinski definition) is 0. The zero-order valence-corrected chi connectivity index (χ0v) is 38.3. The molecule has 0 aliphatic carbocycles. The first kappa shape index (κ1) is 41.0. The fourth-order valence-electron chi connectivity index (χ4n) is 9.93. The fourth-order valence-corrected chi connectivity index (χ4v) is 9.93.